The number of nitrogens with one attached hydrogen (secondary N) is 1. The molecule has 0 unspecified atom stereocenters. The molecule has 0 aliphatic carbocycles. The van der Waals surface area contributed by atoms with Gasteiger partial charge in [-0.2, -0.15) is 15.0 Å². The average molecular weight is 278 g/mol. The maximum absolute atomic E-state index is 4.65. The van der Waals surface area contributed by atoms with Crippen LogP contribution in [0.25, 0.3) is 0 Å². The monoisotopic (exact) mass is 278 g/mol. The Balaban J connectivity index is 2.29. The third kappa shape index (κ3) is 3.49. The minimum atomic E-state index is 0.362. The minimum Gasteiger partial charge on any atom is -0.354 e. The van der Waals surface area contributed by atoms with E-state index in [9.17, 15) is 0 Å². The fourth-order valence-electron chi connectivity index (χ4n) is 2.22. The summed E-state index contributed by atoms with van der Waals surface area (Å²) in [5, 5.41) is 3.21. The van der Waals surface area contributed by atoms with Crippen molar-refractivity contribution in [2.24, 2.45) is 0 Å². The summed E-state index contributed by atoms with van der Waals surface area (Å²) < 4.78 is 0. The summed E-state index contributed by atoms with van der Waals surface area (Å²) in [5.41, 5.74) is 0. The van der Waals surface area contributed by atoms with Gasteiger partial charge in [-0.05, 0) is 40.0 Å². The topological polar surface area (TPSA) is 57.2 Å². The molecule has 0 bridgehead atoms. The summed E-state index contributed by atoms with van der Waals surface area (Å²) in [5.74, 6) is 2.22. The van der Waals surface area contributed by atoms with Crippen LogP contribution in [0.4, 0.5) is 17.8 Å². The van der Waals surface area contributed by atoms with E-state index in [1.807, 2.05) is 7.05 Å². The Morgan fingerprint density at radius 1 is 1.15 bits per heavy atom. The van der Waals surface area contributed by atoms with E-state index in [2.05, 4.69) is 50.8 Å². The van der Waals surface area contributed by atoms with Gasteiger partial charge in [-0.3, -0.25) is 0 Å². The highest BCUT2D eigenvalue weighted by atomic mass is 15.4. The SMILES string of the molecule is CCNc1nc(N2CCCCC2)nc(N(C)C(C)C)n1. The lowest BCUT2D eigenvalue weighted by Crippen LogP contribution is -2.33. The van der Waals surface area contributed by atoms with Gasteiger partial charge in [0.05, 0.1) is 0 Å². The van der Waals surface area contributed by atoms with Gasteiger partial charge in [0.25, 0.3) is 0 Å². The second-order valence-electron chi connectivity index (χ2n) is 5.54. The number of hydrogen-bond donors (Lipinski definition) is 1. The minimum absolute atomic E-state index is 0.362. The number of piperidine rings is 1. The lowest BCUT2D eigenvalue weighted by Gasteiger charge is -2.28. The molecular formula is C14H26N6. The molecule has 0 radical (unpaired) electrons. The Morgan fingerprint density at radius 2 is 1.85 bits per heavy atom. The second-order valence-corrected chi connectivity index (χ2v) is 5.54. The van der Waals surface area contributed by atoms with E-state index >= 15 is 0 Å². The van der Waals surface area contributed by atoms with Crippen LogP contribution < -0.4 is 15.1 Å². The van der Waals surface area contributed by atoms with Crippen molar-refractivity contribution in [3.8, 4) is 0 Å². The van der Waals surface area contributed by atoms with Gasteiger partial charge in [-0.15, -0.1) is 0 Å². The molecule has 1 aromatic heterocycles. The van der Waals surface area contributed by atoms with Gasteiger partial charge in [0, 0.05) is 32.7 Å². The highest BCUT2D eigenvalue weighted by Gasteiger charge is 2.18. The van der Waals surface area contributed by atoms with E-state index in [4.69, 9.17) is 0 Å². The van der Waals surface area contributed by atoms with Gasteiger partial charge in [-0.1, -0.05) is 0 Å². The first-order valence-corrected chi connectivity index (χ1v) is 7.59. The smallest absolute Gasteiger partial charge is 0.231 e. The first-order valence-electron chi connectivity index (χ1n) is 7.59. The first-order chi connectivity index (χ1) is 9.61. The molecule has 0 aromatic carbocycles. The Morgan fingerprint density at radius 3 is 2.45 bits per heavy atom. The predicted octanol–water partition coefficient (Wildman–Crippen LogP) is 2.14. The summed E-state index contributed by atoms with van der Waals surface area (Å²) in [6.45, 7) is 9.22. The maximum Gasteiger partial charge on any atom is 0.231 e. The molecule has 6 nitrogen and oxygen atoms in total. The molecule has 112 valence electrons. The Hall–Kier alpha value is -1.59. The lowest BCUT2D eigenvalue weighted by atomic mass is 10.1. The quantitative estimate of drug-likeness (QED) is 0.890. The number of rotatable bonds is 5. The van der Waals surface area contributed by atoms with Crippen LogP contribution in [-0.4, -0.2) is 47.7 Å². The Labute approximate surface area is 121 Å². The average Bonchev–Trinajstić information content (AvgIpc) is 2.47. The number of aromatic nitrogens is 3. The summed E-state index contributed by atoms with van der Waals surface area (Å²) in [7, 11) is 2.02. The third-order valence-electron chi connectivity index (χ3n) is 3.68. The van der Waals surface area contributed by atoms with E-state index in [0.717, 1.165) is 31.5 Å². The first kappa shape index (κ1) is 14.8. The fraction of sp³-hybridized carbons (Fsp3) is 0.786. The molecule has 6 heteroatoms. The zero-order chi connectivity index (χ0) is 14.5. The summed E-state index contributed by atoms with van der Waals surface area (Å²) in [6.07, 6.45) is 3.75. The van der Waals surface area contributed by atoms with Crippen LogP contribution in [0.2, 0.25) is 0 Å². The van der Waals surface area contributed by atoms with E-state index in [1.165, 1.54) is 19.3 Å². The number of nitrogens with zero attached hydrogens (tertiary/aromatic N) is 5. The van der Waals surface area contributed by atoms with Gasteiger partial charge >= 0.3 is 0 Å². The highest BCUT2D eigenvalue weighted by molar-refractivity contribution is 5.45. The molecule has 1 aliphatic rings. The molecule has 0 amide bonds. The van der Waals surface area contributed by atoms with E-state index in [-0.39, 0.29) is 0 Å². The molecule has 20 heavy (non-hydrogen) atoms. The Bertz CT molecular complexity index is 428. The summed E-state index contributed by atoms with van der Waals surface area (Å²) in [6, 6.07) is 0.362. The van der Waals surface area contributed by atoms with Crippen LogP contribution in [0.3, 0.4) is 0 Å². The van der Waals surface area contributed by atoms with Crippen molar-refractivity contribution < 1.29 is 0 Å². The lowest BCUT2D eigenvalue weighted by molar-refractivity contribution is 0.566. The molecule has 1 fully saturated rings. The van der Waals surface area contributed by atoms with Crippen molar-refractivity contribution in [3.05, 3.63) is 0 Å². The molecule has 2 heterocycles. The van der Waals surface area contributed by atoms with Crippen LogP contribution >= 0.6 is 0 Å². The second kappa shape index (κ2) is 6.72. The molecule has 0 saturated carbocycles. The zero-order valence-electron chi connectivity index (χ0n) is 13.1. The van der Waals surface area contributed by atoms with E-state index in [0.29, 0.717) is 12.0 Å². The third-order valence-corrected chi connectivity index (χ3v) is 3.68. The summed E-state index contributed by atoms with van der Waals surface area (Å²) in [4.78, 5) is 18.1. The number of hydrogen-bond acceptors (Lipinski definition) is 6. The van der Waals surface area contributed by atoms with Crippen LogP contribution in [0.1, 0.15) is 40.0 Å². The molecule has 0 atom stereocenters. The fourth-order valence-corrected chi connectivity index (χ4v) is 2.22. The standard InChI is InChI=1S/C14H26N6/c1-5-15-12-16-13(19(4)11(2)3)18-14(17-12)20-9-7-6-8-10-20/h11H,5-10H2,1-4H3,(H,15,16,17,18). The molecule has 0 spiro atoms. The Kier molecular flexibility index (Phi) is 4.98. The van der Waals surface area contributed by atoms with Crippen molar-refractivity contribution in [3.63, 3.8) is 0 Å². The van der Waals surface area contributed by atoms with Gasteiger partial charge < -0.3 is 15.1 Å². The molecule has 2 rings (SSSR count). The normalized spacial score (nSPS) is 15.6. The van der Waals surface area contributed by atoms with Gasteiger partial charge in [-0.25, -0.2) is 0 Å². The number of anilines is 3. The van der Waals surface area contributed by atoms with Crippen LogP contribution in [-0.2, 0) is 0 Å². The molecular weight excluding hydrogens is 252 g/mol. The molecule has 1 N–H and O–H groups in total. The largest absolute Gasteiger partial charge is 0.354 e. The van der Waals surface area contributed by atoms with Crippen LogP contribution in [0.5, 0.6) is 0 Å². The van der Waals surface area contributed by atoms with Gasteiger partial charge in [0.2, 0.25) is 17.8 Å². The maximum atomic E-state index is 4.65. The predicted molar refractivity (Wildman–Crippen MR) is 83.6 cm³/mol. The van der Waals surface area contributed by atoms with Gasteiger partial charge in [0.15, 0.2) is 0 Å². The van der Waals surface area contributed by atoms with Gasteiger partial charge in [0.1, 0.15) is 0 Å². The summed E-state index contributed by atoms with van der Waals surface area (Å²) >= 11 is 0. The highest BCUT2D eigenvalue weighted by Crippen LogP contribution is 2.20. The van der Waals surface area contributed by atoms with Crippen molar-refractivity contribution >= 4 is 17.8 Å². The van der Waals surface area contributed by atoms with E-state index in [1.54, 1.807) is 0 Å². The van der Waals surface area contributed by atoms with Crippen molar-refractivity contribution in [2.75, 3.05) is 41.8 Å². The zero-order valence-corrected chi connectivity index (χ0v) is 13.1. The van der Waals surface area contributed by atoms with Crippen molar-refractivity contribution in [1.82, 2.24) is 15.0 Å². The van der Waals surface area contributed by atoms with Crippen LogP contribution in [0, 0.1) is 0 Å². The van der Waals surface area contributed by atoms with Crippen molar-refractivity contribution in [1.29, 1.82) is 0 Å². The molecule has 1 saturated heterocycles. The van der Waals surface area contributed by atoms with E-state index < -0.39 is 0 Å². The van der Waals surface area contributed by atoms with Crippen LogP contribution in [0.15, 0.2) is 0 Å². The molecule has 1 aliphatic heterocycles. The van der Waals surface area contributed by atoms with Crippen molar-refractivity contribution in [2.45, 2.75) is 46.1 Å². The molecule has 1 aromatic rings.